The fraction of sp³-hybridized carbons (Fsp3) is 0.467. The Morgan fingerprint density at radius 2 is 1.91 bits per heavy atom. The highest BCUT2D eigenvalue weighted by Crippen LogP contribution is 2.27. The Bertz CT molecular complexity index is 696. The summed E-state index contributed by atoms with van der Waals surface area (Å²) in [6.07, 6.45) is 0. The van der Waals surface area contributed by atoms with Gasteiger partial charge in [-0.05, 0) is 40.2 Å². The standard InChI is InChI=1S/C15H19N3O4/c1-6-22-15(21)12-9(4)13-14(20)18(16-8(2)3)11(19)7-17(13)10(12)5/h6-7H2,1-5H3. The Morgan fingerprint density at radius 1 is 1.27 bits per heavy atom. The van der Waals surface area contributed by atoms with Crippen molar-refractivity contribution in [3.8, 4) is 0 Å². The first-order valence-corrected chi connectivity index (χ1v) is 7.05. The summed E-state index contributed by atoms with van der Waals surface area (Å²) >= 11 is 0. The van der Waals surface area contributed by atoms with E-state index < -0.39 is 17.8 Å². The van der Waals surface area contributed by atoms with E-state index >= 15 is 0 Å². The van der Waals surface area contributed by atoms with Gasteiger partial charge in [-0.2, -0.15) is 10.1 Å². The van der Waals surface area contributed by atoms with Gasteiger partial charge in [0.2, 0.25) is 0 Å². The summed E-state index contributed by atoms with van der Waals surface area (Å²) in [5.41, 5.74) is 2.33. The van der Waals surface area contributed by atoms with Crippen LogP contribution in [0.2, 0.25) is 0 Å². The van der Waals surface area contributed by atoms with E-state index in [9.17, 15) is 14.4 Å². The number of imide groups is 1. The molecule has 0 aromatic carbocycles. The van der Waals surface area contributed by atoms with Crippen molar-refractivity contribution >= 4 is 23.5 Å². The molecule has 2 heterocycles. The third kappa shape index (κ3) is 2.43. The maximum absolute atomic E-state index is 12.6. The van der Waals surface area contributed by atoms with E-state index in [1.165, 1.54) is 0 Å². The van der Waals surface area contributed by atoms with Gasteiger partial charge in [0.15, 0.2) is 0 Å². The number of ether oxygens (including phenoxy) is 1. The number of hydrazone groups is 1. The fourth-order valence-corrected chi connectivity index (χ4v) is 2.59. The number of rotatable bonds is 3. The second-order valence-electron chi connectivity index (χ2n) is 5.30. The molecule has 2 rings (SSSR count). The quantitative estimate of drug-likeness (QED) is 0.483. The van der Waals surface area contributed by atoms with E-state index in [-0.39, 0.29) is 13.2 Å². The lowest BCUT2D eigenvalue weighted by Gasteiger charge is -2.24. The van der Waals surface area contributed by atoms with Crippen molar-refractivity contribution in [1.29, 1.82) is 0 Å². The van der Waals surface area contributed by atoms with Gasteiger partial charge < -0.3 is 9.30 Å². The number of aromatic nitrogens is 1. The van der Waals surface area contributed by atoms with E-state index in [0.29, 0.717) is 28.2 Å². The van der Waals surface area contributed by atoms with Crippen LogP contribution in [0.15, 0.2) is 5.10 Å². The van der Waals surface area contributed by atoms with Gasteiger partial charge in [-0.25, -0.2) is 4.79 Å². The lowest BCUT2D eigenvalue weighted by atomic mass is 10.1. The normalized spacial score (nSPS) is 14.0. The number of nitrogens with zero attached hydrogens (tertiary/aromatic N) is 3. The molecular formula is C15H19N3O4. The lowest BCUT2D eigenvalue weighted by molar-refractivity contribution is -0.130. The molecule has 0 saturated carbocycles. The summed E-state index contributed by atoms with van der Waals surface area (Å²) < 4.78 is 6.59. The van der Waals surface area contributed by atoms with Gasteiger partial charge in [0.25, 0.3) is 11.8 Å². The van der Waals surface area contributed by atoms with Crippen LogP contribution in [-0.4, -0.2) is 39.7 Å². The summed E-state index contributed by atoms with van der Waals surface area (Å²) in [7, 11) is 0. The highest BCUT2D eigenvalue weighted by molar-refractivity contribution is 6.09. The van der Waals surface area contributed by atoms with Crippen molar-refractivity contribution in [2.24, 2.45) is 5.10 Å². The molecule has 0 unspecified atom stereocenters. The van der Waals surface area contributed by atoms with Crippen LogP contribution in [-0.2, 0) is 16.1 Å². The van der Waals surface area contributed by atoms with Crippen molar-refractivity contribution in [2.75, 3.05) is 6.61 Å². The van der Waals surface area contributed by atoms with Gasteiger partial charge >= 0.3 is 5.97 Å². The molecule has 7 nitrogen and oxygen atoms in total. The average Bonchev–Trinajstić information content (AvgIpc) is 2.66. The predicted molar refractivity (Wildman–Crippen MR) is 79.8 cm³/mol. The minimum Gasteiger partial charge on any atom is -0.462 e. The maximum atomic E-state index is 12.6. The number of carbonyl (C=O) groups excluding carboxylic acids is 3. The predicted octanol–water partition coefficient (Wildman–Crippen LogP) is 1.66. The van der Waals surface area contributed by atoms with Gasteiger partial charge in [-0.1, -0.05) is 0 Å². The smallest absolute Gasteiger partial charge is 0.340 e. The summed E-state index contributed by atoms with van der Waals surface area (Å²) in [5, 5.41) is 4.85. The highest BCUT2D eigenvalue weighted by Gasteiger charge is 2.37. The number of amides is 2. The van der Waals surface area contributed by atoms with E-state index in [2.05, 4.69) is 5.10 Å². The van der Waals surface area contributed by atoms with E-state index in [4.69, 9.17) is 4.74 Å². The van der Waals surface area contributed by atoms with Crippen molar-refractivity contribution in [1.82, 2.24) is 9.58 Å². The molecule has 0 aliphatic carbocycles. The first-order valence-electron chi connectivity index (χ1n) is 7.05. The van der Waals surface area contributed by atoms with E-state index in [0.717, 1.165) is 5.01 Å². The van der Waals surface area contributed by atoms with Crippen LogP contribution < -0.4 is 0 Å². The molecule has 7 heteroatoms. The van der Waals surface area contributed by atoms with Crippen LogP contribution in [0, 0.1) is 13.8 Å². The van der Waals surface area contributed by atoms with Crippen LogP contribution in [0.1, 0.15) is 52.9 Å². The van der Waals surface area contributed by atoms with Crippen LogP contribution in [0.3, 0.4) is 0 Å². The summed E-state index contributed by atoms with van der Waals surface area (Å²) in [4.78, 5) is 36.8. The average molecular weight is 305 g/mol. The Balaban J connectivity index is 2.58. The van der Waals surface area contributed by atoms with Crippen LogP contribution in [0.5, 0.6) is 0 Å². The van der Waals surface area contributed by atoms with E-state index in [1.54, 1.807) is 39.2 Å². The van der Waals surface area contributed by atoms with Gasteiger partial charge in [0, 0.05) is 11.4 Å². The lowest BCUT2D eigenvalue weighted by Crippen LogP contribution is -2.42. The molecule has 0 spiro atoms. The summed E-state index contributed by atoms with van der Waals surface area (Å²) in [6, 6.07) is 0. The van der Waals surface area contributed by atoms with Crippen LogP contribution in [0.4, 0.5) is 0 Å². The van der Waals surface area contributed by atoms with E-state index in [1.807, 2.05) is 0 Å². The zero-order chi connectivity index (χ0) is 16.6. The Morgan fingerprint density at radius 3 is 2.45 bits per heavy atom. The number of carbonyl (C=O) groups is 3. The molecule has 2 amide bonds. The molecule has 0 fully saturated rings. The first kappa shape index (κ1) is 15.9. The Hall–Kier alpha value is -2.44. The fourth-order valence-electron chi connectivity index (χ4n) is 2.59. The topological polar surface area (TPSA) is 81.0 Å². The second kappa shape index (κ2) is 5.75. The van der Waals surface area contributed by atoms with Gasteiger partial charge in [0.1, 0.15) is 12.2 Å². The highest BCUT2D eigenvalue weighted by atomic mass is 16.5. The molecule has 0 radical (unpaired) electrons. The van der Waals surface area contributed by atoms with Crippen LogP contribution in [0.25, 0.3) is 0 Å². The minimum atomic E-state index is -0.520. The van der Waals surface area contributed by atoms with Crippen molar-refractivity contribution in [2.45, 2.75) is 41.2 Å². The first-order chi connectivity index (χ1) is 10.3. The molecule has 118 valence electrons. The molecule has 0 saturated heterocycles. The van der Waals surface area contributed by atoms with Crippen LogP contribution >= 0.6 is 0 Å². The zero-order valence-electron chi connectivity index (χ0n) is 13.4. The second-order valence-corrected chi connectivity index (χ2v) is 5.30. The van der Waals surface area contributed by atoms with Crippen molar-refractivity contribution in [3.63, 3.8) is 0 Å². The molecule has 0 N–H and O–H groups in total. The van der Waals surface area contributed by atoms with Gasteiger partial charge in [-0.15, -0.1) is 0 Å². The molecule has 1 aromatic rings. The monoisotopic (exact) mass is 305 g/mol. The molecule has 0 bridgehead atoms. The van der Waals surface area contributed by atoms with Gasteiger partial charge in [0.05, 0.1) is 12.2 Å². The van der Waals surface area contributed by atoms with Gasteiger partial charge in [-0.3, -0.25) is 9.59 Å². The summed E-state index contributed by atoms with van der Waals surface area (Å²) in [5.74, 6) is -1.43. The molecule has 1 aliphatic rings. The zero-order valence-corrected chi connectivity index (χ0v) is 13.4. The van der Waals surface area contributed by atoms with Crippen molar-refractivity contribution < 1.29 is 19.1 Å². The largest absolute Gasteiger partial charge is 0.462 e. The number of esters is 1. The Kier molecular flexibility index (Phi) is 4.16. The molecule has 1 aromatic heterocycles. The maximum Gasteiger partial charge on any atom is 0.340 e. The number of fused-ring (bicyclic) bond motifs is 1. The molecule has 1 aliphatic heterocycles. The third-order valence-electron chi connectivity index (χ3n) is 3.47. The molecule has 0 atom stereocenters. The number of hydrogen-bond donors (Lipinski definition) is 0. The molecular weight excluding hydrogens is 286 g/mol. The Labute approximate surface area is 128 Å². The molecule has 22 heavy (non-hydrogen) atoms. The number of hydrogen-bond acceptors (Lipinski definition) is 5. The third-order valence-corrected chi connectivity index (χ3v) is 3.47. The SMILES string of the molecule is CCOC(=O)c1c(C)c2n(c1C)CC(=O)N(N=C(C)C)C2=O. The van der Waals surface area contributed by atoms with Crippen molar-refractivity contribution in [3.05, 3.63) is 22.5 Å². The summed E-state index contributed by atoms with van der Waals surface area (Å²) in [6.45, 7) is 8.73. The minimum absolute atomic E-state index is 0.0239.